The highest BCUT2D eigenvalue weighted by Crippen LogP contribution is 2.38. The molecule has 5 nitrogen and oxygen atoms in total. The predicted octanol–water partition coefficient (Wildman–Crippen LogP) is 3.08. The minimum absolute atomic E-state index is 0.00901. The molecule has 1 saturated carbocycles. The molecule has 6 heteroatoms. The smallest absolute Gasteiger partial charge is 0.315 e. The fraction of sp³-hybridized carbons (Fsp3) is 0.750. The van der Waals surface area contributed by atoms with E-state index in [9.17, 15) is 4.79 Å². The van der Waals surface area contributed by atoms with Crippen molar-refractivity contribution in [3.05, 3.63) is 15.6 Å². The van der Waals surface area contributed by atoms with Crippen LogP contribution in [0.4, 0.5) is 4.79 Å². The summed E-state index contributed by atoms with van der Waals surface area (Å²) >= 11 is 1.65. The monoisotopic (exact) mass is 323 g/mol. The van der Waals surface area contributed by atoms with Gasteiger partial charge in [-0.3, -0.25) is 0 Å². The van der Waals surface area contributed by atoms with Crippen molar-refractivity contribution in [2.45, 2.75) is 64.6 Å². The molecule has 1 saturated heterocycles. The van der Waals surface area contributed by atoms with Crippen LogP contribution in [0.3, 0.4) is 0 Å². The van der Waals surface area contributed by atoms with Crippen molar-refractivity contribution >= 4 is 17.4 Å². The minimum Gasteiger partial charge on any atom is -0.378 e. The Bertz CT molecular complexity index is 541. The summed E-state index contributed by atoms with van der Waals surface area (Å²) in [6.45, 7) is 6.76. The van der Waals surface area contributed by atoms with E-state index >= 15 is 0 Å². The first-order valence-electron chi connectivity index (χ1n) is 8.15. The Morgan fingerprint density at radius 2 is 2.14 bits per heavy atom. The first-order valence-corrected chi connectivity index (χ1v) is 8.97. The molecule has 1 aromatic heterocycles. The zero-order valence-corrected chi connectivity index (χ0v) is 14.3. The van der Waals surface area contributed by atoms with Crippen molar-refractivity contribution in [2.75, 3.05) is 6.61 Å². The van der Waals surface area contributed by atoms with Crippen LogP contribution in [0.1, 0.15) is 54.2 Å². The van der Waals surface area contributed by atoms with Gasteiger partial charge in [0.2, 0.25) is 0 Å². The number of hydrogen-bond acceptors (Lipinski definition) is 4. The van der Waals surface area contributed by atoms with Crippen LogP contribution in [0.15, 0.2) is 0 Å². The van der Waals surface area contributed by atoms with Gasteiger partial charge in [0.15, 0.2) is 0 Å². The molecule has 0 aromatic carbocycles. The molecule has 0 bridgehead atoms. The first-order chi connectivity index (χ1) is 10.5. The zero-order valence-electron chi connectivity index (χ0n) is 13.5. The normalized spacial score (nSPS) is 26.5. The molecule has 3 rings (SSSR count). The van der Waals surface area contributed by atoms with Crippen molar-refractivity contribution in [3.63, 3.8) is 0 Å². The standard InChI is InChI=1S/C16H25N3O2S/c1-9-15(22-11(3)17-9)10(2)18-16(20)19-13-6-7-21-14(8-13)12-4-5-12/h10,12-14H,4-8H2,1-3H3,(H2,18,19,20). The Morgan fingerprint density at radius 3 is 2.77 bits per heavy atom. The van der Waals surface area contributed by atoms with Gasteiger partial charge in [-0.05, 0) is 52.4 Å². The van der Waals surface area contributed by atoms with E-state index in [-0.39, 0.29) is 18.1 Å². The molecule has 2 amide bonds. The lowest BCUT2D eigenvalue weighted by Gasteiger charge is -2.30. The molecule has 22 heavy (non-hydrogen) atoms. The van der Waals surface area contributed by atoms with Gasteiger partial charge in [-0.1, -0.05) is 0 Å². The maximum absolute atomic E-state index is 12.2. The van der Waals surface area contributed by atoms with Gasteiger partial charge in [0.25, 0.3) is 0 Å². The highest BCUT2D eigenvalue weighted by atomic mass is 32.1. The summed E-state index contributed by atoms with van der Waals surface area (Å²) < 4.78 is 5.80. The quantitative estimate of drug-likeness (QED) is 0.895. The van der Waals surface area contributed by atoms with E-state index in [4.69, 9.17) is 4.74 Å². The largest absolute Gasteiger partial charge is 0.378 e. The van der Waals surface area contributed by atoms with Crippen molar-refractivity contribution in [2.24, 2.45) is 5.92 Å². The topological polar surface area (TPSA) is 63.2 Å². The van der Waals surface area contributed by atoms with Gasteiger partial charge in [0.05, 0.1) is 22.8 Å². The van der Waals surface area contributed by atoms with Crippen molar-refractivity contribution < 1.29 is 9.53 Å². The van der Waals surface area contributed by atoms with Crippen LogP contribution >= 0.6 is 11.3 Å². The molecule has 2 fully saturated rings. The molecule has 2 aliphatic rings. The lowest BCUT2D eigenvalue weighted by molar-refractivity contribution is -0.00917. The Hall–Kier alpha value is -1.14. The summed E-state index contributed by atoms with van der Waals surface area (Å²) in [5.74, 6) is 0.731. The summed E-state index contributed by atoms with van der Waals surface area (Å²) in [6, 6.07) is 0.139. The number of nitrogens with one attached hydrogen (secondary N) is 2. The molecular weight excluding hydrogens is 298 g/mol. The fourth-order valence-electron chi connectivity index (χ4n) is 3.19. The van der Waals surface area contributed by atoms with E-state index in [2.05, 4.69) is 15.6 Å². The summed E-state index contributed by atoms with van der Waals surface area (Å²) in [5.41, 5.74) is 1.01. The van der Waals surface area contributed by atoms with E-state index in [1.165, 1.54) is 12.8 Å². The number of rotatable bonds is 4. The third-order valence-electron chi connectivity index (χ3n) is 4.48. The molecular formula is C16H25N3O2S. The predicted molar refractivity (Wildman–Crippen MR) is 87.2 cm³/mol. The van der Waals surface area contributed by atoms with Gasteiger partial charge in [0, 0.05) is 17.5 Å². The summed E-state index contributed by atoms with van der Waals surface area (Å²) in [4.78, 5) is 17.8. The van der Waals surface area contributed by atoms with Crippen LogP contribution < -0.4 is 10.6 Å². The maximum Gasteiger partial charge on any atom is 0.315 e. The number of thiazole rings is 1. The van der Waals surface area contributed by atoms with Gasteiger partial charge in [-0.2, -0.15) is 0 Å². The van der Waals surface area contributed by atoms with Gasteiger partial charge in [-0.15, -0.1) is 11.3 Å². The van der Waals surface area contributed by atoms with Crippen molar-refractivity contribution in [1.29, 1.82) is 0 Å². The number of carbonyl (C=O) groups excluding carboxylic acids is 1. The molecule has 2 heterocycles. The average Bonchev–Trinajstić information content (AvgIpc) is 3.24. The van der Waals surface area contributed by atoms with Gasteiger partial charge in [-0.25, -0.2) is 9.78 Å². The van der Waals surface area contributed by atoms with Gasteiger partial charge in [0.1, 0.15) is 0 Å². The van der Waals surface area contributed by atoms with E-state index in [0.717, 1.165) is 40.9 Å². The third-order valence-corrected chi connectivity index (χ3v) is 5.73. The van der Waals surface area contributed by atoms with Crippen LogP contribution in [0, 0.1) is 19.8 Å². The number of hydrogen-bond donors (Lipinski definition) is 2. The second-order valence-corrected chi connectivity index (χ2v) is 7.72. The number of amides is 2. The second-order valence-electron chi connectivity index (χ2n) is 6.49. The average molecular weight is 323 g/mol. The molecule has 3 atom stereocenters. The number of ether oxygens (including phenoxy) is 1. The molecule has 0 spiro atoms. The molecule has 122 valence electrons. The summed E-state index contributed by atoms with van der Waals surface area (Å²) in [5, 5.41) is 7.19. The Kier molecular flexibility index (Phi) is 4.68. The van der Waals surface area contributed by atoms with Crippen LogP contribution in [0.25, 0.3) is 0 Å². The van der Waals surface area contributed by atoms with Gasteiger partial charge >= 0.3 is 6.03 Å². The van der Waals surface area contributed by atoms with Crippen molar-refractivity contribution in [1.82, 2.24) is 15.6 Å². The zero-order chi connectivity index (χ0) is 15.7. The second kappa shape index (κ2) is 6.54. The highest BCUT2D eigenvalue weighted by molar-refractivity contribution is 7.11. The van der Waals surface area contributed by atoms with E-state index in [1.54, 1.807) is 11.3 Å². The van der Waals surface area contributed by atoms with Gasteiger partial charge < -0.3 is 15.4 Å². The molecule has 1 aliphatic heterocycles. The van der Waals surface area contributed by atoms with Crippen LogP contribution in [0.5, 0.6) is 0 Å². The number of carbonyl (C=O) groups is 1. The summed E-state index contributed by atoms with van der Waals surface area (Å²) in [6.07, 6.45) is 4.77. The Morgan fingerprint density at radius 1 is 1.36 bits per heavy atom. The van der Waals surface area contributed by atoms with Crippen LogP contribution in [0.2, 0.25) is 0 Å². The SMILES string of the molecule is Cc1nc(C)c(C(C)NC(=O)NC2CCOC(C3CC3)C2)s1. The Balaban J connectivity index is 1.50. The number of nitrogens with zero attached hydrogens (tertiary/aromatic N) is 1. The lowest BCUT2D eigenvalue weighted by atomic mass is 10.0. The van der Waals surface area contributed by atoms with E-state index < -0.39 is 0 Å². The highest BCUT2D eigenvalue weighted by Gasteiger charge is 2.36. The van der Waals surface area contributed by atoms with E-state index in [1.807, 2.05) is 20.8 Å². The first kappa shape index (κ1) is 15.7. The fourth-order valence-corrected chi connectivity index (χ4v) is 4.12. The number of aromatic nitrogens is 1. The lowest BCUT2D eigenvalue weighted by Crippen LogP contribution is -2.47. The Labute approximate surface area is 135 Å². The summed E-state index contributed by atoms with van der Waals surface area (Å²) in [7, 11) is 0. The molecule has 2 N–H and O–H groups in total. The van der Waals surface area contributed by atoms with E-state index in [0.29, 0.717) is 6.10 Å². The molecule has 1 aliphatic carbocycles. The number of urea groups is 1. The van der Waals surface area contributed by atoms with Crippen LogP contribution in [-0.2, 0) is 4.74 Å². The molecule has 3 unspecified atom stereocenters. The minimum atomic E-state index is -0.0839. The maximum atomic E-state index is 12.2. The molecule has 1 aromatic rings. The number of aryl methyl sites for hydroxylation is 2. The third kappa shape index (κ3) is 3.79. The van der Waals surface area contributed by atoms with Crippen molar-refractivity contribution in [3.8, 4) is 0 Å². The van der Waals surface area contributed by atoms with Crippen LogP contribution in [-0.4, -0.2) is 29.8 Å². The molecule has 0 radical (unpaired) electrons.